The van der Waals surface area contributed by atoms with Gasteiger partial charge in [0.25, 0.3) is 0 Å². The van der Waals surface area contributed by atoms with Crippen LogP contribution in [0.1, 0.15) is 33.6 Å². The number of rotatable bonds is 3. The number of carbonyl (C=O) groups excluding carboxylic acids is 1. The van der Waals surface area contributed by atoms with Crippen molar-refractivity contribution >= 4 is 17.4 Å². The summed E-state index contributed by atoms with van der Waals surface area (Å²) in [6.45, 7) is 5.01. The van der Waals surface area contributed by atoms with Gasteiger partial charge in [0, 0.05) is 20.0 Å². The number of hydrogen-bond acceptors (Lipinski definition) is 5. The van der Waals surface area contributed by atoms with Crippen molar-refractivity contribution in [3.8, 4) is 0 Å². The number of methoxy groups -OCH3 is 1. The Labute approximate surface area is 97.3 Å². The first-order valence-corrected chi connectivity index (χ1v) is 5.93. The van der Waals surface area contributed by atoms with Crippen LogP contribution in [0, 0.1) is 0 Å². The molecule has 0 bridgehead atoms. The van der Waals surface area contributed by atoms with Crippen molar-refractivity contribution < 1.29 is 23.0 Å². The Bertz CT molecular complexity index is 308. The molecule has 6 nitrogen and oxygen atoms in total. The van der Waals surface area contributed by atoms with Gasteiger partial charge in [0.2, 0.25) is 0 Å². The number of hydrogen-bond donors (Lipinski definition) is 0. The van der Waals surface area contributed by atoms with E-state index in [4.69, 9.17) is 9.47 Å². The molecule has 94 valence electrons. The molecule has 0 N–H and O–H groups in total. The molecule has 1 saturated carbocycles. The quantitative estimate of drug-likeness (QED) is 0.554. The number of carbonyl (C=O) groups is 1. The number of amides is 1. The molecule has 1 fully saturated rings. The standard InChI is InChI=1S/C9H17NO5S/c1-8(2,3)15-7(11)10(16(12)13)9(14-4)5-6-9/h5-6H2,1-4H3,(H,12,13)/p-1. The molecular weight excluding hydrogens is 234 g/mol. The molecule has 1 rings (SSSR count). The second kappa shape index (κ2) is 4.31. The summed E-state index contributed by atoms with van der Waals surface area (Å²) in [6.07, 6.45) is 0.0909. The van der Waals surface area contributed by atoms with Crippen LogP contribution >= 0.6 is 0 Å². The van der Waals surface area contributed by atoms with Gasteiger partial charge in [-0.25, -0.2) is 9.10 Å². The zero-order valence-corrected chi connectivity index (χ0v) is 10.6. The summed E-state index contributed by atoms with van der Waals surface area (Å²) in [5.74, 6) is 0. The largest absolute Gasteiger partial charge is 0.755 e. The fourth-order valence-corrected chi connectivity index (χ4v) is 1.95. The average Bonchev–Trinajstić information content (AvgIpc) is 2.81. The molecular formula is C9H16NO5S-. The van der Waals surface area contributed by atoms with E-state index in [1.165, 1.54) is 7.11 Å². The van der Waals surface area contributed by atoms with Crippen molar-refractivity contribution in [2.24, 2.45) is 0 Å². The zero-order valence-electron chi connectivity index (χ0n) is 9.81. The number of ether oxygens (including phenoxy) is 2. The molecule has 0 aromatic rings. The first-order chi connectivity index (χ1) is 7.22. The van der Waals surface area contributed by atoms with Crippen molar-refractivity contribution in [3.05, 3.63) is 0 Å². The monoisotopic (exact) mass is 250 g/mol. The van der Waals surface area contributed by atoms with E-state index >= 15 is 0 Å². The van der Waals surface area contributed by atoms with Gasteiger partial charge >= 0.3 is 6.09 Å². The molecule has 0 heterocycles. The predicted octanol–water partition coefficient (Wildman–Crippen LogP) is 1.15. The van der Waals surface area contributed by atoms with Crippen LogP contribution in [0.4, 0.5) is 4.79 Å². The lowest BCUT2D eigenvalue weighted by Gasteiger charge is -2.33. The van der Waals surface area contributed by atoms with Gasteiger partial charge in [-0.2, -0.15) is 0 Å². The SMILES string of the molecule is COC1(N(C(=O)OC(C)(C)C)S(=O)[O-])CC1. The maximum atomic E-state index is 11.7. The van der Waals surface area contributed by atoms with E-state index in [1.54, 1.807) is 20.8 Å². The lowest BCUT2D eigenvalue weighted by molar-refractivity contribution is -0.0309. The summed E-state index contributed by atoms with van der Waals surface area (Å²) in [6, 6.07) is 0. The van der Waals surface area contributed by atoms with Gasteiger partial charge in [-0.3, -0.25) is 4.21 Å². The van der Waals surface area contributed by atoms with Gasteiger partial charge in [-0.1, -0.05) is 0 Å². The molecule has 1 unspecified atom stereocenters. The Morgan fingerprint density at radius 3 is 2.19 bits per heavy atom. The van der Waals surface area contributed by atoms with Crippen LogP contribution in [0.25, 0.3) is 0 Å². The molecule has 1 aliphatic carbocycles. The minimum Gasteiger partial charge on any atom is -0.755 e. The molecule has 1 amide bonds. The van der Waals surface area contributed by atoms with Gasteiger partial charge in [0.1, 0.15) is 5.60 Å². The molecule has 1 atom stereocenters. The van der Waals surface area contributed by atoms with Crippen molar-refractivity contribution in [1.29, 1.82) is 0 Å². The van der Waals surface area contributed by atoms with Crippen molar-refractivity contribution in [2.75, 3.05) is 7.11 Å². The molecule has 0 aliphatic heterocycles. The second-order valence-electron chi connectivity index (χ2n) is 4.64. The highest BCUT2D eigenvalue weighted by Gasteiger charge is 2.53. The fourth-order valence-electron chi connectivity index (χ4n) is 1.26. The topological polar surface area (TPSA) is 78.9 Å². The highest BCUT2D eigenvalue weighted by atomic mass is 32.2. The summed E-state index contributed by atoms with van der Waals surface area (Å²) in [5.41, 5.74) is -1.77. The second-order valence-corrected chi connectivity index (χ2v) is 5.44. The summed E-state index contributed by atoms with van der Waals surface area (Å²) >= 11 is -2.69. The molecule has 1 aliphatic rings. The molecule has 0 aromatic heterocycles. The van der Waals surface area contributed by atoms with Crippen LogP contribution in [0.5, 0.6) is 0 Å². The smallest absolute Gasteiger partial charge is 0.423 e. The van der Waals surface area contributed by atoms with E-state index in [-0.39, 0.29) is 0 Å². The van der Waals surface area contributed by atoms with Gasteiger partial charge in [0.15, 0.2) is 5.72 Å². The third-order valence-electron chi connectivity index (χ3n) is 2.14. The van der Waals surface area contributed by atoms with E-state index in [0.717, 1.165) is 0 Å². The minimum absolute atomic E-state index is 0.497. The Hall–Kier alpha value is -0.660. The predicted molar refractivity (Wildman–Crippen MR) is 56.0 cm³/mol. The first kappa shape index (κ1) is 13.4. The van der Waals surface area contributed by atoms with Crippen LogP contribution in [0.3, 0.4) is 0 Å². The zero-order chi connectivity index (χ0) is 12.6. The maximum absolute atomic E-state index is 11.7. The summed E-state index contributed by atoms with van der Waals surface area (Å²) in [4.78, 5) is 11.7. The third kappa shape index (κ3) is 2.93. The molecule has 0 saturated heterocycles. The lowest BCUT2D eigenvalue weighted by atomic mass is 10.2. The molecule has 0 aromatic carbocycles. The third-order valence-corrected chi connectivity index (χ3v) is 2.92. The Balaban J connectivity index is 2.80. The summed E-state index contributed by atoms with van der Waals surface area (Å²) < 4.78 is 32.7. The lowest BCUT2D eigenvalue weighted by Crippen LogP contribution is -2.46. The molecule has 0 radical (unpaired) electrons. The van der Waals surface area contributed by atoms with E-state index < -0.39 is 28.7 Å². The molecule has 7 heteroatoms. The van der Waals surface area contributed by atoms with Crippen LogP contribution in [-0.2, 0) is 20.7 Å². The highest BCUT2D eigenvalue weighted by Crippen LogP contribution is 2.43. The van der Waals surface area contributed by atoms with E-state index in [1.807, 2.05) is 0 Å². The molecule has 0 spiro atoms. The first-order valence-electron chi connectivity index (χ1n) is 4.89. The van der Waals surface area contributed by atoms with Crippen molar-refractivity contribution in [2.45, 2.75) is 44.9 Å². The fraction of sp³-hybridized carbons (Fsp3) is 0.889. The normalized spacial score (nSPS) is 20.1. The van der Waals surface area contributed by atoms with Crippen LogP contribution in [-0.4, -0.2) is 37.6 Å². The highest BCUT2D eigenvalue weighted by molar-refractivity contribution is 7.77. The van der Waals surface area contributed by atoms with Crippen molar-refractivity contribution in [1.82, 2.24) is 4.31 Å². The maximum Gasteiger partial charge on any atom is 0.423 e. The van der Waals surface area contributed by atoms with Crippen LogP contribution in [0.15, 0.2) is 0 Å². The number of nitrogens with zero attached hydrogens (tertiary/aromatic N) is 1. The Kier molecular flexibility index (Phi) is 3.61. The average molecular weight is 250 g/mol. The Morgan fingerprint density at radius 2 is 1.94 bits per heavy atom. The van der Waals surface area contributed by atoms with Gasteiger partial charge < -0.3 is 14.0 Å². The van der Waals surface area contributed by atoms with Gasteiger partial charge in [-0.15, -0.1) is 0 Å². The summed E-state index contributed by atoms with van der Waals surface area (Å²) in [5, 5.41) is 0. The van der Waals surface area contributed by atoms with E-state index in [9.17, 15) is 13.6 Å². The Morgan fingerprint density at radius 1 is 1.44 bits per heavy atom. The van der Waals surface area contributed by atoms with Crippen molar-refractivity contribution in [3.63, 3.8) is 0 Å². The van der Waals surface area contributed by atoms with E-state index in [0.29, 0.717) is 17.1 Å². The van der Waals surface area contributed by atoms with E-state index in [2.05, 4.69) is 0 Å². The van der Waals surface area contributed by atoms with Gasteiger partial charge in [0.05, 0.1) is 11.3 Å². The van der Waals surface area contributed by atoms with Gasteiger partial charge in [-0.05, 0) is 20.8 Å². The van der Waals surface area contributed by atoms with Crippen LogP contribution in [0.2, 0.25) is 0 Å². The molecule has 16 heavy (non-hydrogen) atoms. The summed E-state index contributed by atoms with van der Waals surface area (Å²) in [7, 11) is 1.37. The van der Waals surface area contributed by atoms with Crippen LogP contribution < -0.4 is 0 Å². The minimum atomic E-state index is -2.69.